The van der Waals surface area contributed by atoms with Crippen molar-refractivity contribution in [2.75, 3.05) is 18.4 Å². The molecule has 2 aromatic carbocycles. The quantitative estimate of drug-likeness (QED) is 0.600. The van der Waals surface area contributed by atoms with Crippen LogP contribution in [0.25, 0.3) is 0 Å². The minimum Gasteiger partial charge on any atom is -0.355 e. The maximum absolute atomic E-state index is 12.9. The van der Waals surface area contributed by atoms with E-state index in [-0.39, 0.29) is 17.9 Å². The number of benzene rings is 2. The third-order valence-corrected chi connectivity index (χ3v) is 6.24. The lowest BCUT2D eigenvalue weighted by Gasteiger charge is -2.16. The van der Waals surface area contributed by atoms with Crippen LogP contribution in [0.4, 0.5) is 11.4 Å². The number of hydrogen-bond acceptors (Lipinski definition) is 3. The van der Waals surface area contributed by atoms with E-state index < -0.39 is 0 Å². The summed E-state index contributed by atoms with van der Waals surface area (Å²) in [5.41, 5.74) is 4.19. The average molecular weight is 446 g/mol. The fourth-order valence-electron chi connectivity index (χ4n) is 4.28. The van der Waals surface area contributed by atoms with E-state index in [2.05, 4.69) is 25.8 Å². The first-order valence-corrected chi connectivity index (χ1v) is 11.9. The molecule has 1 aliphatic heterocycles. The fraction of sp³-hybridized carbons (Fsp3) is 0.423. The lowest BCUT2D eigenvalue weighted by Crippen LogP contribution is -2.32. The SMILES string of the molecule is CC(C)NC(=O)c1cccc(Nc2ccc(C(=O)/N=C3\NCCN3C3CC3)cc2C2CC2)c1. The Kier molecular flexibility index (Phi) is 5.79. The van der Waals surface area contributed by atoms with Gasteiger partial charge in [0.1, 0.15) is 0 Å². The summed E-state index contributed by atoms with van der Waals surface area (Å²) in [6.45, 7) is 5.65. The second-order valence-corrected chi connectivity index (χ2v) is 9.50. The number of amides is 2. The van der Waals surface area contributed by atoms with Crippen molar-refractivity contribution in [2.45, 2.75) is 57.5 Å². The molecule has 5 rings (SSSR count). The van der Waals surface area contributed by atoms with Gasteiger partial charge in [-0.3, -0.25) is 9.59 Å². The summed E-state index contributed by atoms with van der Waals surface area (Å²) in [5, 5.41) is 9.65. The maximum atomic E-state index is 12.9. The lowest BCUT2D eigenvalue weighted by molar-refractivity contribution is 0.0942. The van der Waals surface area contributed by atoms with E-state index in [1.165, 1.54) is 12.8 Å². The Hall–Kier alpha value is -3.35. The highest BCUT2D eigenvalue weighted by molar-refractivity contribution is 6.03. The second kappa shape index (κ2) is 8.89. The van der Waals surface area contributed by atoms with Crippen LogP contribution in [0.15, 0.2) is 47.5 Å². The molecular weight excluding hydrogens is 414 g/mol. The van der Waals surface area contributed by atoms with Gasteiger partial charge in [-0.1, -0.05) is 6.07 Å². The third-order valence-electron chi connectivity index (χ3n) is 6.24. The van der Waals surface area contributed by atoms with Crippen molar-refractivity contribution in [1.82, 2.24) is 15.5 Å². The van der Waals surface area contributed by atoms with Gasteiger partial charge < -0.3 is 20.9 Å². The van der Waals surface area contributed by atoms with Crippen LogP contribution in [0, 0.1) is 0 Å². The molecule has 0 atom stereocenters. The largest absolute Gasteiger partial charge is 0.355 e. The molecule has 3 aliphatic rings. The smallest absolute Gasteiger partial charge is 0.280 e. The molecule has 2 amide bonds. The Morgan fingerprint density at radius 3 is 2.61 bits per heavy atom. The van der Waals surface area contributed by atoms with Gasteiger partial charge in [0, 0.05) is 47.7 Å². The van der Waals surface area contributed by atoms with Crippen LogP contribution >= 0.6 is 0 Å². The number of rotatable bonds is 7. The highest BCUT2D eigenvalue weighted by atomic mass is 16.2. The monoisotopic (exact) mass is 445 g/mol. The molecule has 7 heteroatoms. The average Bonchev–Trinajstić information content (AvgIpc) is 3.73. The van der Waals surface area contributed by atoms with E-state index in [0.29, 0.717) is 29.0 Å². The molecule has 172 valence electrons. The highest BCUT2D eigenvalue weighted by Crippen LogP contribution is 2.44. The number of carbonyl (C=O) groups excluding carboxylic acids is 2. The predicted octanol–water partition coefficient (Wildman–Crippen LogP) is 4.01. The minimum absolute atomic E-state index is 0.0834. The summed E-state index contributed by atoms with van der Waals surface area (Å²) >= 11 is 0. The van der Waals surface area contributed by atoms with Crippen molar-refractivity contribution < 1.29 is 9.59 Å². The van der Waals surface area contributed by atoms with Crippen LogP contribution in [0.2, 0.25) is 0 Å². The molecule has 2 aliphatic carbocycles. The van der Waals surface area contributed by atoms with Crippen molar-refractivity contribution in [1.29, 1.82) is 0 Å². The Morgan fingerprint density at radius 2 is 1.88 bits per heavy atom. The summed E-state index contributed by atoms with van der Waals surface area (Å²) < 4.78 is 0. The first-order valence-electron chi connectivity index (χ1n) is 11.9. The van der Waals surface area contributed by atoms with Crippen molar-refractivity contribution in [3.8, 4) is 0 Å². The standard InChI is InChI=1S/C26H31N5O2/c1-16(2)28-24(32)18-4-3-5-20(14-18)29-23-11-8-19(15-22(23)17-6-7-17)25(33)30-26-27-12-13-31(26)21-9-10-21/h3-5,8,11,14-17,21,29H,6-7,9-10,12-13H2,1-2H3,(H,28,32)(H,27,30,33). The topological polar surface area (TPSA) is 85.8 Å². The molecule has 1 saturated heterocycles. The number of anilines is 2. The summed E-state index contributed by atoms with van der Waals surface area (Å²) in [5.74, 6) is 0.879. The zero-order valence-electron chi connectivity index (χ0n) is 19.2. The molecule has 3 N–H and O–H groups in total. The van der Waals surface area contributed by atoms with Crippen LogP contribution in [0.1, 0.15) is 71.7 Å². The van der Waals surface area contributed by atoms with E-state index in [1.54, 1.807) is 0 Å². The molecule has 0 radical (unpaired) electrons. The zero-order valence-corrected chi connectivity index (χ0v) is 19.2. The highest BCUT2D eigenvalue weighted by Gasteiger charge is 2.34. The molecule has 0 spiro atoms. The van der Waals surface area contributed by atoms with Gasteiger partial charge in [-0.25, -0.2) is 0 Å². The molecule has 33 heavy (non-hydrogen) atoms. The van der Waals surface area contributed by atoms with Gasteiger partial charge in [0.25, 0.3) is 11.8 Å². The number of hydrogen-bond donors (Lipinski definition) is 3. The summed E-state index contributed by atoms with van der Waals surface area (Å²) in [6.07, 6.45) is 4.60. The normalized spacial score (nSPS) is 19.0. The Morgan fingerprint density at radius 1 is 1.06 bits per heavy atom. The van der Waals surface area contributed by atoms with E-state index >= 15 is 0 Å². The Labute approximate surface area is 194 Å². The Bertz CT molecular complexity index is 1100. The van der Waals surface area contributed by atoms with E-state index in [4.69, 9.17) is 0 Å². The van der Waals surface area contributed by atoms with Crippen LogP contribution in [-0.2, 0) is 0 Å². The van der Waals surface area contributed by atoms with Gasteiger partial charge in [-0.05, 0) is 87.4 Å². The summed E-state index contributed by atoms with van der Waals surface area (Å²) in [6, 6.07) is 13.9. The molecule has 0 aromatic heterocycles. The molecule has 2 saturated carbocycles. The van der Waals surface area contributed by atoms with Crippen molar-refractivity contribution in [3.05, 3.63) is 59.2 Å². The number of carbonyl (C=O) groups is 2. The third kappa shape index (κ3) is 5.02. The number of nitrogens with zero attached hydrogens (tertiary/aromatic N) is 2. The van der Waals surface area contributed by atoms with Crippen LogP contribution in [0.3, 0.4) is 0 Å². The van der Waals surface area contributed by atoms with Crippen LogP contribution in [0.5, 0.6) is 0 Å². The zero-order chi connectivity index (χ0) is 22.9. The van der Waals surface area contributed by atoms with Crippen LogP contribution < -0.4 is 16.0 Å². The van der Waals surface area contributed by atoms with Crippen molar-refractivity contribution in [2.24, 2.45) is 4.99 Å². The van der Waals surface area contributed by atoms with Gasteiger partial charge in [-0.2, -0.15) is 4.99 Å². The van der Waals surface area contributed by atoms with Crippen LogP contribution in [-0.4, -0.2) is 47.8 Å². The molecule has 2 aromatic rings. The lowest BCUT2D eigenvalue weighted by atomic mass is 10.0. The molecular formula is C26H31N5O2. The molecule has 0 unspecified atom stereocenters. The molecule has 3 fully saturated rings. The maximum Gasteiger partial charge on any atom is 0.280 e. The second-order valence-electron chi connectivity index (χ2n) is 9.50. The van der Waals surface area contributed by atoms with Gasteiger partial charge in [0.15, 0.2) is 0 Å². The number of aliphatic imine (C=N–C) groups is 1. The number of guanidine groups is 1. The van der Waals surface area contributed by atoms with E-state index in [0.717, 1.165) is 42.9 Å². The van der Waals surface area contributed by atoms with E-state index in [1.807, 2.05) is 56.3 Å². The minimum atomic E-state index is -0.203. The van der Waals surface area contributed by atoms with Gasteiger partial charge in [-0.15, -0.1) is 0 Å². The summed E-state index contributed by atoms with van der Waals surface area (Å²) in [4.78, 5) is 31.9. The van der Waals surface area contributed by atoms with E-state index in [9.17, 15) is 9.59 Å². The molecule has 0 bridgehead atoms. The molecule has 7 nitrogen and oxygen atoms in total. The van der Waals surface area contributed by atoms with Gasteiger partial charge >= 0.3 is 0 Å². The van der Waals surface area contributed by atoms with Gasteiger partial charge in [0.2, 0.25) is 5.96 Å². The Balaban J connectivity index is 1.35. The first kappa shape index (κ1) is 21.5. The van der Waals surface area contributed by atoms with Crippen molar-refractivity contribution in [3.63, 3.8) is 0 Å². The molecule has 1 heterocycles. The van der Waals surface area contributed by atoms with Gasteiger partial charge in [0.05, 0.1) is 0 Å². The predicted molar refractivity (Wildman–Crippen MR) is 130 cm³/mol. The fourth-order valence-corrected chi connectivity index (χ4v) is 4.28. The number of nitrogens with one attached hydrogen (secondary N) is 3. The first-order chi connectivity index (χ1) is 16.0. The summed E-state index contributed by atoms with van der Waals surface area (Å²) in [7, 11) is 0. The van der Waals surface area contributed by atoms with Crippen molar-refractivity contribution >= 4 is 29.1 Å².